The lowest BCUT2D eigenvalue weighted by atomic mass is 10.1. The summed E-state index contributed by atoms with van der Waals surface area (Å²) in [5.41, 5.74) is 4.94. The molecule has 1 aliphatic rings. The molecule has 0 aromatic rings. The van der Waals surface area contributed by atoms with Crippen LogP contribution >= 0.6 is 0 Å². The van der Waals surface area contributed by atoms with Crippen LogP contribution in [0.25, 0.3) is 0 Å². The molecule has 0 spiro atoms. The Morgan fingerprint density at radius 2 is 1.82 bits per heavy atom. The smallest absolute Gasteiger partial charge is 0.239 e. The summed E-state index contributed by atoms with van der Waals surface area (Å²) in [6.07, 6.45) is 6.40. The number of likely N-dealkylation sites (tertiary alicyclic amines) is 1. The van der Waals surface area contributed by atoms with Gasteiger partial charge in [-0.2, -0.15) is 0 Å². The summed E-state index contributed by atoms with van der Waals surface area (Å²) >= 11 is 0. The third-order valence-corrected chi connectivity index (χ3v) is 3.22. The molecule has 1 saturated heterocycles. The van der Waals surface area contributed by atoms with Crippen molar-refractivity contribution >= 4 is 5.91 Å². The van der Waals surface area contributed by atoms with E-state index in [0.717, 1.165) is 19.5 Å². The first kappa shape index (κ1) is 14.5. The number of nitrogens with one attached hydrogen (secondary N) is 1. The van der Waals surface area contributed by atoms with E-state index in [1.54, 1.807) is 13.8 Å². The third-order valence-electron chi connectivity index (χ3n) is 3.22. The van der Waals surface area contributed by atoms with Gasteiger partial charge >= 0.3 is 0 Å². The highest BCUT2D eigenvalue weighted by atomic mass is 16.2. The highest BCUT2D eigenvalue weighted by Gasteiger charge is 2.20. The van der Waals surface area contributed by atoms with Crippen molar-refractivity contribution in [3.8, 4) is 0 Å². The molecule has 1 aliphatic heterocycles. The Morgan fingerprint density at radius 1 is 1.24 bits per heavy atom. The zero-order valence-electron chi connectivity index (χ0n) is 11.3. The van der Waals surface area contributed by atoms with Crippen LogP contribution in [0.2, 0.25) is 0 Å². The SMILES string of the molecule is CC(C)(N)C(=O)NCCCN1CCCCCC1. The van der Waals surface area contributed by atoms with E-state index in [1.165, 1.54) is 38.8 Å². The number of amides is 1. The van der Waals surface area contributed by atoms with Crippen molar-refractivity contribution in [2.45, 2.75) is 51.5 Å². The van der Waals surface area contributed by atoms with E-state index in [2.05, 4.69) is 10.2 Å². The maximum absolute atomic E-state index is 11.5. The molecule has 0 aromatic carbocycles. The Morgan fingerprint density at radius 3 is 2.35 bits per heavy atom. The van der Waals surface area contributed by atoms with Crippen LogP contribution in [0.15, 0.2) is 0 Å². The van der Waals surface area contributed by atoms with Crippen LogP contribution < -0.4 is 11.1 Å². The average molecular weight is 241 g/mol. The van der Waals surface area contributed by atoms with Gasteiger partial charge in [-0.05, 0) is 52.7 Å². The van der Waals surface area contributed by atoms with Crippen molar-refractivity contribution in [3.63, 3.8) is 0 Å². The Hall–Kier alpha value is -0.610. The van der Waals surface area contributed by atoms with Crippen LogP contribution in [0.3, 0.4) is 0 Å². The Labute approximate surface area is 105 Å². The molecule has 0 aliphatic carbocycles. The maximum atomic E-state index is 11.5. The minimum Gasteiger partial charge on any atom is -0.354 e. The highest BCUT2D eigenvalue weighted by Crippen LogP contribution is 2.09. The molecule has 0 aromatic heterocycles. The number of nitrogens with two attached hydrogens (primary N) is 1. The van der Waals surface area contributed by atoms with Crippen molar-refractivity contribution in [1.29, 1.82) is 0 Å². The molecular formula is C13H27N3O. The first-order valence-corrected chi connectivity index (χ1v) is 6.80. The molecule has 4 nitrogen and oxygen atoms in total. The molecule has 1 rings (SSSR count). The van der Waals surface area contributed by atoms with E-state index in [-0.39, 0.29) is 5.91 Å². The molecule has 1 heterocycles. The number of carbonyl (C=O) groups excluding carboxylic acids is 1. The van der Waals surface area contributed by atoms with E-state index < -0.39 is 5.54 Å². The van der Waals surface area contributed by atoms with Gasteiger partial charge in [0, 0.05) is 6.54 Å². The molecular weight excluding hydrogens is 214 g/mol. The summed E-state index contributed by atoms with van der Waals surface area (Å²) in [6.45, 7) is 7.72. The van der Waals surface area contributed by atoms with E-state index in [9.17, 15) is 4.79 Å². The molecule has 17 heavy (non-hydrogen) atoms. The van der Waals surface area contributed by atoms with Gasteiger partial charge in [0.05, 0.1) is 5.54 Å². The van der Waals surface area contributed by atoms with Crippen LogP contribution in [-0.2, 0) is 4.79 Å². The van der Waals surface area contributed by atoms with Crippen molar-refractivity contribution in [2.24, 2.45) is 5.73 Å². The summed E-state index contributed by atoms with van der Waals surface area (Å²) in [4.78, 5) is 14.0. The number of carbonyl (C=O) groups is 1. The lowest BCUT2D eigenvalue weighted by Gasteiger charge is -2.21. The lowest BCUT2D eigenvalue weighted by molar-refractivity contribution is -0.125. The van der Waals surface area contributed by atoms with Gasteiger partial charge in [0.1, 0.15) is 0 Å². The number of rotatable bonds is 5. The number of hydrogen-bond donors (Lipinski definition) is 2. The summed E-state index contributed by atoms with van der Waals surface area (Å²) in [5.74, 6) is -0.0617. The molecule has 100 valence electrons. The van der Waals surface area contributed by atoms with Gasteiger partial charge in [-0.15, -0.1) is 0 Å². The van der Waals surface area contributed by atoms with E-state index in [1.807, 2.05) is 0 Å². The van der Waals surface area contributed by atoms with Gasteiger partial charge in [-0.3, -0.25) is 4.79 Å². The Bertz CT molecular complexity index is 227. The fourth-order valence-corrected chi connectivity index (χ4v) is 2.09. The molecule has 3 N–H and O–H groups in total. The minimum atomic E-state index is -0.761. The highest BCUT2D eigenvalue weighted by molar-refractivity contribution is 5.84. The normalized spacial score (nSPS) is 18.8. The monoisotopic (exact) mass is 241 g/mol. The van der Waals surface area contributed by atoms with Gasteiger partial charge in [-0.1, -0.05) is 12.8 Å². The first-order chi connectivity index (χ1) is 8.00. The summed E-state index contributed by atoms with van der Waals surface area (Å²) in [6, 6.07) is 0. The summed E-state index contributed by atoms with van der Waals surface area (Å²) in [5, 5.41) is 2.89. The molecule has 0 saturated carbocycles. The van der Waals surface area contributed by atoms with Crippen LogP contribution in [-0.4, -0.2) is 42.5 Å². The van der Waals surface area contributed by atoms with Crippen molar-refractivity contribution in [1.82, 2.24) is 10.2 Å². The topological polar surface area (TPSA) is 58.4 Å². The fraction of sp³-hybridized carbons (Fsp3) is 0.923. The van der Waals surface area contributed by atoms with E-state index in [0.29, 0.717) is 0 Å². The third kappa shape index (κ3) is 6.03. The Balaban J connectivity index is 2.09. The van der Waals surface area contributed by atoms with Gasteiger partial charge in [-0.25, -0.2) is 0 Å². The molecule has 0 bridgehead atoms. The molecule has 0 unspecified atom stereocenters. The zero-order valence-corrected chi connectivity index (χ0v) is 11.3. The molecule has 0 atom stereocenters. The summed E-state index contributed by atoms with van der Waals surface area (Å²) < 4.78 is 0. The average Bonchev–Trinajstić information content (AvgIpc) is 2.51. The quantitative estimate of drug-likeness (QED) is 0.709. The molecule has 1 amide bonds. The van der Waals surface area contributed by atoms with Gasteiger partial charge in [0.2, 0.25) is 5.91 Å². The van der Waals surface area contributed by atoms with Gasteiger partial charge in [0.25, 0.3) is 0 Å². The molecule has 4 heteroatoms. The van der Waals surface area contributed by atoms with Gasteiger partial charge in [0.15, 0.2) is 0 Å². The van der Waals surface area contributed by atoms with Crippen molar-refractivity contribution < 1.29 is 4.79 Å². The zero-order chi connectivity index (χ0) is 12.7. The van der Waals surface area contributed by atoms with E-state index >= 15 is 0 Å². The van der Waals surface area contributed by atoms with Gasteiger partial charge < -0.3 is 16.0 Å². The second kappa shape index (κ2) is 6.97. The van der Waals surface area contributed by atoms with Crippen LogP contribution in [0.5, 0.6) is 0 Å². The predicted molar refractivity (Wildman–Crippen MR) is 70.8 cm³/mol. The second-order valence-electron chi connectivity index (χ2n) is 5.59. The van der Waals surface area contributed by atoms with Crippen LogP contribution in [0.4, 0.5) is 0 Å². The number of nitrogens with zero attached hydrogens (tertiary/aromatic N) is 1. The predicted octanol–water partition coefficient (Wildman–Crippen LogP) is 1.11. The Kier molecular flexibility index (Phi) is 5.92. The van der Waals surface area contributed by atoms with Crippen LogP contribution in [0, 0.1) is 0 Å². The molecule has 1 fully saturated rings. The van der Waals surface area contributed by atoms with Crippen molar-refractivity contribution in [3.05, 3.63) is 0 Å². The first-order valence-electron chi connectivity index (χ1n) is 6.80. The lowest BCUT2D eigenvalue weighted by Crippen LogP contribution is -2.49. The standard InChI is InChI=1S/C13H27N3O/c1-13(2,14)12(17)15-8-7-11-16-9-5-3-4-6-10-16/h3-11,14H2,1-2H3,(H,15,17). The largest absolute Gasteiger partial charge is 0.354 e. The van der Waals surface area contributed by atoms with Crippen LogP contribution in [0.1, 0.15) is 46.0 Å². The maximum Gasteiger partial charge on any atom is 0.239 e. The fourth-order valence-electron chi connectivity index (χ4n) is 2.09. The van der Waals surface area contributed by atoms with Crippen molar-refractivity contribution in [2.75, 3.05) is 26.2 Å². The van der Waals surface area contributed by atoms with E-state index in [4.69, 9.17) is 5.73 Å². The summed E-state index contributed by atoms with van der Waals surface area (Å²) in [7, 11) is 0. The number of hydrogen-bond acceptors (Lipinski definition) is 3. The molecule has 0 radical (unpaired) electrons. The minimum absolute atomic E-state index is 0.0617. The second-order valence-corrected chi connectivity index (χ2v) is 5.59.